The van der Waals surface area contributed by atoms with Gasteiger partial charge in [-0.2, -0.15) is 5.10 Å². The first kappa shape index (κ1) is 19.0. The summed E-state index contributed by atoms with van der Waals surface area (Å²) < 4.78 is 6.51. The predicted octanol–water partition coefficient (Wildman–Crippen LogP) is 6.26. The van der Waals surface area contributed by atoms with Gasteiger partial charge in [0.1, 0.15) is 5.76 Å². The summed E-state index contributed by atoms with van der Waals surface area (Å²) in [6.07, 6.45) is 1.44. The molecule has 8 heteroatoms. The number of hydrazone groups is 1. The molecule has 0 bridgehead atoms. The maximum absolute atomic E-state index is 12.0. The summed E-state index contributed by atoms with van der Waals surface area (Å²) in [6.45, 7) is 0. The van der Waals surface area contributed by atoms with Gasteiger partial charge in [0.25, 0.3) is 5.91 Å². The molecule has 0 saturated heterocycles. The van der Waals surface area contributed by atoms with Crippen LogP contribution in [0.25, 0.3) is 0 Å². The zero-order valence-electron chi connectivity index (χ0n) is 13.1. The van der Waals surface area contributed by atoms with Crippen molar-refractivity contribution in [2.75, 3.05) is 0 Å². The van der Waals surface area contributed by atoms with Crippen molar-refractivity contribution < 1.29 is 9.21 Å². The van der Waals surface area contributed by atoms with Crippen LogP contribution >= 0.6 is 50.9 Å². The van der Waals surface area contributed by atoms with E-state index < -0.39 is 0 Å². The molecule has 0 atom stereocenters. The van der Waals surface area contributed by atoms with Gasteiger partial charge in [0.2, 0.25) is 0 Å². The van der Waals surface area contributed by atoms with E-state index in [-0.39, 0.29) is 5.91 Å². The molecule has 1 aromatic heterocycles. The Morgan fingerprint density at radius 3 is 2.35 bits per heavy atom. The van der Waals surface area contributed by atoms with Gasteiger partial charge in [-0.1, -0.05) is 35.0 Å². The van der Waals surface area contributed by atoms with Crippen molar-refractivity contribution in [3.63, 3.8) is 0 Å². The molecule has 4 nitrogen and oxygen atoms in total. The molecule has 1 N–H and O–H groups in total. The van der Waals surface area contributed by atoms with E-state index >= 15 is 0 Å². The smallest absolute Gasteiger partial charge is 0.271 e. The highest BCUT2D eigenvalue weighted by Crippen LogP contribution is 2.35. The van der Waals surface area contributed by atoms with Gasteiger partial charge in [-0.25, -0.2) is 5.43 Å². The number of amides is 1. The van der Waals surface area contributed by atoms with Crippen LogP contribution in [-0.4, -0.2) is 12.1 Å². The zero-order valence-corrected chi connectivity index (χ0v) is 17.0. The standard InChI is InChI=1S/C18H11BrCl2N2O2S/c19-16-9-14(25-18(16)26-15-7-5-13(21)6-8-15)10-22-23-17(24)11-1-3-12(20)4-2-11/h1-10H,(H,23,24)/b22-10-. The number of benzene rings is 2. The molecular formula is C18H11BrCl2N2O2S. The van der Waals surface area contributed by atoms with Gasteiger partial charge in [0, 0.05) is 26.6 Å². The van der Waals surface area contributed by atoms with Gasteiger partial charge in [-0.3, -0.25) is 4.79 Å². The number of nitrogens with zero attached hydrogens (tertiary/aromatic N) is 1. The van der Waals surface area contributed by atoms with Crippen LogP contribution < -0.4 is 5.43 Å². The predicted molar refractivity (Wildman–Crippen MR) is 108 cm³/mol. The van der Waals surface area contributed by atoms with E-state index in [4.69, 9.17) is 27.6 Å². The summed E-state index contributed by atoms with van der Waals surface area (Å²) in [5, 5.41) is 5.84. The summed E-state index contributed by atoms with van der Waals surface area (Å²) in [4.78, 5) is 13.0. The number of hydrogen-bond acceptors (Lipinski definition) is 4. The lowest BCUT2D eigenvalue weighted by molar-refractivity contribution is 0.0955. The van der Waals surface area contributed by atoms with E-state index in [9.17, 15) is 4.79 Å². The third kappa shape index (κ3) is 5.14. The molecule has 26 heavy (non-hydrogen) atoms. The minimum atomic E-state index is -0.334. The number of carbonyl (C=O) groups is 1. The first-order chi connectivity index (χ1) is 12.5. The first-order valence-corrected chi connectivity index (χ1v) is 9.69. The average molecular weight is 470 g/mol. The number of halogens is 3. The van der Waals surface area contributed by atoms with Crippen molar-refractivity contribution in [1.29, 1.82) is 0 Å². The SMILES string of the molecule is O=C(N/N=C\c1cc(Br)c(Sc2ccc(Cl)cc2)o1)c1ccc(Cl)cc1. The van der Waals surface area contributed by atoms with Gasteiger partial charge < -0.3 is 4.42 Å². The highest BCUT2D eigenvalue weighted by atomic mass is 79.9. The molecule has 1 amide bonds. The normalized spacial score (nSPS) is 11.0. The largest absolute Gasteiger partial charge is 0.447 e. The van der Waals surface area contributed by atoms with E-state index in [2.05, 4.69) is 26.5 Å². The second-order valence-electron chi connectivity index (χ2n) is 5.05. The van der Waals surface area contributed by atoms with Gasteiger partial charge in [0.15, 0.2) is 5.09 Å². The van der Waals surface area contributed by atoms with E-state index in [0.29, 0.717) is 26.5 Å². The van der Waals surface area contributed by atoms with Crippen LogP contribution in [0.5, 0.6) is 0 Å². The maximum Gasteiger partial charge on any atom is 0.271 e. The molecule has 3 rings (SSSR count). The van der Waals surface area contributed by atoms with Crippen LogP contribution in [0, 0.1) is 0 Å². The van der Waals surface area contributed by atoms with Crippen molar-refractivity contribution in [3.05, 3.63) is 80.4 Å². The summed E-state index contributed by atoms with van der Waals surface area (Å²) in [7, 11) is 0. The molecule has 0 aliphatic rings. The van der Waals surface area contributed by atoms with E-state index in [1.54, 1.807) is 30.3 Å². The molecule has 0 aliphatic carbocycles. The Balaban J connectivity index is 1.63. The Morgan fingerprint density at radius 2 is 1.69 bits per heavy atom. The number of furan rings is 1. The van der Waals surface area contributed by atoms with E-state index in [1.807, 2.05) is 24.3 Å². The van der Waals surface area contributed by atoms with Crippen molar-refractivity contribution >= 4 is 63.0 Å². The Labute approximate surface area is 172 Å². The van der Waals surface area contributed by atoms with Crippen LogP contribution in [0.4, 0.5) is 0 Å². The lowest BCUT2D eigenvalue weighted by Gasteiger charge is -1.99. The molecular weight excluding hydrogens is 459 g/mol. The maximum atomic E-state index is 12.0. The molecule has 3 aromatic rings. The number of hydrogen-bond donors (Lipinski definition) is 1. The van der Waals surface area contributed by atoms with Crippen molar-refractivity contribution in [3.8, 4) is 0 Å². The summed E-state index contributed by atoms with van der Waals surface area (Å²) in [6, 6.07) is 15.7. The van der Waals surface area contributed by atoms with Crippen molar-refractivity contribution in [2.24, 2.45) is 5.10 Å². The molecule has 0 fully saturated rings. The lowest BCUT2D eigenvalue weighted by Crippen LogP contribution is -2.17. The lowest BCUT2D eigenvalue weighted by atomic mass is 10.2. The Kier molecular flexibility index (Phi) is 6.43. The average Bonchev–Trinajstić information content (AvgIpc) is 2.97. The third-order valence-electron chi connectivity index (χ3n) is 3.16. The molecule has 0 unspecified atom stereocenters. The molecule has 0 radical (unpaired) electrons. The Bertz CT molecular complexity index is 941. The zero-order chi connectivity index (χ0) is 18.5. The fourth-order valence-electron chi connectivity index (χ4n) is 1.93. The topological polar surface area (TPSA) is 54.6 Å². The molecule has 1 heterocycles. The molecule has 2 aromatic carbocycles. The quantitative estimate of drug-likeness (QED) is 0.354. The van der Waals surface area contributed by atoms with Gasteiger partial charge in [-0.05, 0) is 64.5 Å². The third-order valence-corrected chi connectivity index (χ3v) is 5.51. The van der Waals surface area contributed by atoms with Gasteiger partial charge in [-0.15, -0.1) is 0 Å². The summed E-state index contributed by atoms with van der Waals surface area (Å²) in [5.41, 5.74) is 2.91. The molecule has 0 aliphatic heterocycles. The van der Waals surface area contributed by atoms with Crippen LogP contribution in [0.2, 0.25) is 10.0 Å². The summed E-state index contributed by atoms with van der Waals surface area (Å²) >= 11 is 16.6. The first-order valence-electron chi connectivity index (χ1n) is 7.33. The van der Waals surface area contributed by atoms with Crippen LogP contribution in [0.1, 0.15) is 16.1 Å². The molecule has 132 valence electrons. The van der Waals surface area contributed by atoms with E-state index in [1.165, 1.54) is 18.0 Å². The van der Waals surface area contributed by atoms with Gasteiger partial charge in [0.05, 0.1) is 10.7 Å². The van der Waals surface area contributed by atoms with Crippen molar-refractivity contribution in [2.45, 2.75) is 9.99 Å². The fourth-order valence-corrected chi connectivity index (χ4v) is 3.51. The molecule has 0 saturated carbocycles. The number of nitrogens with one attached hydrogen (secondary N) is 1. The minimum Gasteiger partial charge on any atom is -0.447 e. The monoisotopic (exact) mass is 468 g/mol. The Morgan fingerprint density at radius 1 is 1.08 bits per heavy atom. The highest BCUT2D eigenvalue weighted by Gasteiger charge is 2.10. The van der Waals surface area contributed by atoms with Crippen LogP contribution in [0.3, 0.4) is 0 Å². The van der Waals surface area contributed by atoms with Crippen LogP contribution in [0.15, 0.2) is 78.6 Å². The minimum absolute atomic E-state index is 0.334. The second kappa shape index (κ2) is 8.77. The number of rotatable bonds is 5. The second-order valence-corrected chi connectivity index (χ2v) is 7.82. The Hall–Kier alpha value is -1.73. The van der Waals surface area contributed by atoms with E-state index in [0.717, 1.165) is 9.37 Å². The molecule has 0 spiro atoms. The van der Waals surface area contributed by atoms with Crippen molar-refractivity contribution in [1.82, 2.24) is 5.43 Å². The summed E-state index contributed by atoms with van der Waals surface area (Å²) in [5.74, 6) is 0.170. The van der Waals surface area contributed by atoms with Gasteiger partial charge >= 0.3 is 0 Å². The number of carbonyl (C=O) groups excluding carboxylic acids is 1. The van der Waals surface area contributed by atoms with Crippen LogP contribution in [-0.2, 0) is 0 Å². The highest BCUT2D eigenvalue weighted by molar-refractivity contribution is 9.10. The fraction of sp³-hybridized carbons (Fsp3) is 0.